The molecular weight excluding hydrogens is 418 g/mol. The Kier molecular flexibility index (Phi) is 7.39. The van der Waals surface area contributed by atoms with Crippen LogP contribution in [-0.2, 0) is 16.0 Å². The molecule has 172 valence electrons. The quantitative estimate of drug-likeness (QED) is 0.289. The highest BCUT2D eigenvalue weighted by atomic mass is 16.5. The molecule has 0 fully saturated rings. The lowest BCUT2D eigenvalue weighted by atomic mass is 9.94. The van der Waals surface area contributed by atoms with Gasteiger partial charge in [0.05, 0.1) is 7.11 Å². The third kappa shape index (κ3) is 4.85. The number of rotatable bonds is 7. The number of aliphatic hydroxyl groups is 1. The van der Waals surface area contributed by atoms with Gasteiger partial charge in [0, 0.05) is 30.0 Å². The van der Waals surface area contributed by atoms with Gasteiger partial charge in [-0.2, -0.15) is 5.26 Å². The fourth-order valence-electron chi connectivity index (χ4n) is 4.06. The molecule has 1 N–H and O–H groups in total. The summed E-state index contributed by atoms with van der Waals surface area (Å²) >= 11 is 0. The van der Waals surface area contributed by atoms with Gasteiger partial charge >= 0.3 is 0 Å². The number of nitriles is 1. The van der Waals surface area contributed by atoms with Crippen LogP contribution in [0.5, 0.6) is 5.75 Å². The van der Waals surface area contributed by atoms with Gasteiger partial charge in [0.2, 0.25) is 0 Å². The highest BCUT2D eigenvalue weighted by Gasteiger charge is 2.35. The van der Waals surface area contributed by atoms with E-state index in [9.17, 15) is 20.0 Å². The number of amides is 2. The van der Waals surface area contributed by atoms with Gasteiger partial charge < -0.3 is 14.7 Å². The molecule has 33 heavy (non-hydrogen) atoms. The van der Waals surface area contributed by atoms with Crippen molar-refractivity contribution < 1.29 is 19.4 Å². The SMILES string of the molecule is CCCCN1C(=O)C(C#N)=C(C)/C(=C/C(O)=C/C=C/N2c3ccc(OC)cc3CC2C)C1=O. The summed E-state index contributed by atoms with van der Waals surface area (Å²) in [4.78, 5) is 28.6. The largest absolute Gasteiger partial charge is 0.508 e. The molecule has 7 heteroatoms. The summed E-state index contributed by atoms with van der Waals surface area (Å²) in [7, 11) is 1.65. The van der Waals surface area contributed by atoms with Crippen LogP contribution in [0.2, 0.25) is 0 Å². The highest BCUT2D eigenvalue weighted by molar-refractivity contribution is 6.18. The first-order valence-electron chi connectivity index (χ1n) is 11.0. The molecule has 0 radical (unpaired) electrons. The number of fused-ring (bicyclic) bond motifs is 1. The Morgan fingerprint density at radius 1 is 1.33 bits per heavy atom. The van der Waals surface area contributed by atoms with Crippen molar-refractivity contribution in [2.75, 3.05) is 18.6 Å². The molecule has 0 bridgehead atoms. The number of methoxy groups -OCH3 is 1. The smallest absolute Gasteiger partial charge is 0.271 e. The van der Waals surface area contributed by atoms with Gasteiger partial charge in [0.1, 0.15) is 23.2 Å². The van der Waals surface area contributed by atoms with E-state index in [4.69, 9.17) is 4.74 Å². The molecule has 2 aliphatic heterocycles. The first-order chi connectivity index (χ1) is 15.8. The highest BCUT2D eigenvalue weighted by Crippen LogP contribution is 2.35. The van der Waals surface area contributed by atoms with Gasteiger partial charge in [0.15, 0.2) is 0 Å². The van der Waals surface area contributed by atoms with E-state index in [1.54, 1.807) is 20.1 Å². The van der Waals surface area contributed by atoms with Gasteiger partial charge in [-0.15, -0.1) is 0 Å². The predicted molar refractivity (Wildman–Crippen MR) is 127 cm³/mol. The maximum atomic E-state index is 12.9. The number of hydrogen-bond acceptors (Lipinski definition) is 6. The fraction of sp³-hybridized carbons (Fsp3) is 0.346. The summed E-state index contributed by atoms with van der Waals surface area (Å²) in [5.41, 5.74) is 2.63. The Morgan fingerprint density at radius 2 is 2.09 bits per heavy atom. The second-order valence-corrected chi connectivity index (χ2v) is 8.17. The maximum Gasteiger partial charge on any atom is 0.271 e. The standard InChI is InChI=1S/C26H29N3O4/c1-5-6-11-29-25(31)22(18(3)23(16-27)26(29)32)15-20(30)8-7-12-28-17(2)13-19-14-21(33-4)9-10-24(19)28/h7-10,12,14-15,17,30H,5-6,11,13H2,1-4H3/b12-7+,20-8-,22-15-. The zero-order valence-electron chi connectivity index (χ0n) is 19.5. The maximum absolute atomic E-state index is 12.9. The van der Waals surface area contributed by atoms with Crippen molar-refractivity contribution in [3.8, 4) is 11.8 Å². The molecule has 0 saturated heterocycles. The number of imide groups is 1. The average molecular weight is 448 g/mol. The van der Waals surface area contributed by atoms with E-state index < -0.39 is 11.8 Å². The van der Waals surface area contributed by atoms with Crippen LogP contribution in [-0.4, -0.2) is 41.5 Å². The molecule has 1 atom stereocenters. The average Bonchev–Trinajstić information content (AvgIpc) is 3.11. The van der Waals surface area contributed by atoms with Crippen LogP contribution in [0.25, 0.3) is 0 Å². The van der Waals surface area contributed by atoms with Crippen molar-refractivity contribution in [2.45, 2.75) is 46.1 Å². The van der Waals surface area contributed by atoms with Crippen LogP contribution >= 0.6 is 0 Å². The summed E-state index contributed by atoms with van der Waals surface area (Å²) in [6.07, 6.45) is 8.72. The van der Waals surface area contributed by atoms with E-state index in [2.05, 4.69) is 11.8 Å². The number of unbranched alkanes of at least 4 members (excludes halogenated alkanes) is 1. The van der Waals surface area contributed by atoms with Crippen LogP contribution in [0.1, 0.15) is 39.2 Å². The molecule has 0 spiro atoms. The molecule has 2 heterocycles. The minimum atomic E-state index is -0.577. The minimum absolute atomic E-state index is 0.0711. The van der Waals surface area contributed by atoms with E-state index in [0.717, 1.165) is 29.2 Å². The lowest BCUT2D eigenvalue weighted by Gasteiger charge is -2.27. The van der Waals surface area contributed by atoms with Gasteiger partial charge in [-0.05, 0) is 74.3 Å². The van der Waals surface area contributed by atoms with Crippen molar-refractivity contribution >= 4 is 17.5 Å². The van der Waals surface area contributed by atoms with E-state index >= 15 is 0 Å². The van der Waals surface area contributed by atoms with E-state index in [1.807, 2.05) is 37.4 Å². The molecule has 0 aromatic heterocycles. The van der Waals surface area contributed by atoms with Gasteiger partial charge in [-0.25, -0.2) is 0 Å². The Labute approximate surface area is 194 Å². The molecular formula is C26H29N3O4. The molecule has 3 rings (SSSR count). The normalized spacial score (nSPS) is 20.2. The molecule has 1 aromatic rings. The Hall–Kier alpha value is -3.79. The monoisotopic (exact) mass is 447 g/mol. The topological polar surface area (TPSA) is 93.9 Å². The fourth-order valence-corrected chi connectivity index (χ4v) is 4.06. The van der Waals surface area contributed by atoms with Crippen molar-refractivity contribution in [3.63, 3.8) is 0 Å². The van der Waals surface area contributed by atoms with Crippen molar-refractivity contribution in [2.24, 2.45) is 0 Å². The first kappa shape index (κ1) is 23.9. The number of allylic oxidation sites excluding steroid dienone is 3. The minimum Gasteiger partial charge on any atom is -0.508 e. The Bertz CT molecular complexity index is 1120. The molecule has 0 saturated carbocycles. The molecule has 2 amide bonds. The summed E-state index contributed by atoms with van der Waals surface area (Å²) in [6.45, 7) is 5.87. The first-order valence-corrected chi connectivity index (χ1v) is 11.0. The lowest BCUT2D eigenvalue weighted by molar-refractivity contribution is -0.140. The van der Waals surface area contributed by atoms with Crippen molar-refractivity contribution in [3.05, 3.63) is 70.7 Å². The molecule has 1 aromatic carbocycles. The van der Waals surface area contributed by atoms with Crippen molar-refractivity contribution in [1.29, 1.82) is 5.26 Å². The zero-order chi connectivity index (χ0) is 24.1. The van der Waals surface area contributed by atoms with E-state index in [-0.39, 0.29) is 35.1 Å². The number of anilines is 1. The molecule has 7 nitrogen and oxygen atoms in total. The Balaban J connectivity index is 1.85. The van der Waals surface area contributed by atoms with E-state index in [1.165, 1.54) is 17.7 Å². The van der Waals surface area contributed by atoms with Crippen LogP contribution < -0.4 is 9.64 Å². The number of hydrogen-bond donors (Lipinski definition) is 1. The molecule has 2 aliphatic rings. The van der Waals surface area contributed by atoms with Crippen LogP contribution in [0.3, 0.4) is 0 Å². The third-order valence-corrected chi connectivity index (χ3v) is 5.92. The summed E-state index contributed by atoms with van der Waals surface area (Å²) in [5.74, 6) is -0.394. The number of ether oxygens (including phenoxy) is 1. The number of carbonyl (C=O) groups is 2. The van der Waals surface area contributed by atoms with Crippen LogP contribution in [0.4, 0.5) is 5.69 Å². The van der Waals surface area contributed by atoms with Crippen molar-refractivity contribution in [1.82, 2.24) is 4.90 Å². The summed E-state index contributed by atoms with van der Waals surface area (Å²) in [6, 6.07) is 8.10. The van der Waals surface area contributed by atoms with E-state index in [0.29, 0.717) is 6.42 Å². The summed E-state index contributed by atoms with van der Waals surface area (Å²) < 4.78 is 5.30. The number of benzene rings is 1. The Morgan fingerprint density at radius 3 is 2.76 bits per heavy atom. The lowest BCUT2D eigenvalue weighted by Crippen LogP contribution is -2.43. The van der Waals surface area contributed by atoms with Crippen LogP contribution in [0, 0.1) is 11.3 Å². The number of nitrogens with zero attached hydrogens (tertiary/aromatic N) is 3. The molecule has 0 aliphatic carbocycles. The predicted octanol–water partition coefficient (Wildman–Crippen LogP) is 4.34. The van der Waals surface area contributed by atoms with Gasteiger partial charge in [0.25, 0.3) is 11.8 Å². The van der Waals surface area contributed by atoms with Gasteiger partial charge in [-0.1, -0.05) is 13.3 Å². The number of aliphatic hydroxyl groups excluding tert-OH is 1. The molecule has 1 unspecified atom stereocenters. The second kappa shape index (κ2) is 10.2. The zero-order valence-corrected chi connectivity index (χ0v) is 19.5. The third-order valence-electron chi connectivity index (χ3n) is 5.92. The van der Waals surface area contributed by atoms with Gasteiger partial charge in [-0.3, -0.25) is 14.5 Å². The summed E-state index contributed by atoms with van der Waals surface area (Å²) in [5, 5.41) is 19.9. The number of carbonyl (C=O) groups excluding carboxylic acids is 2. The van der Waals surface area contributed by atoms with Crippen LogP contribution in [0.15, 0.2) is 65.1 Å². The second-order valence-electron chi connectivity index (χ2n) is 8.17.